The van der Waals surface area contributed by atoms with Gasteiger partial charge in [-0.15, -0.1) is 0 Å². The zero-order valence-electron chi connectivity index (χ0n) is 40.9. The van der Waals surface area contributed by atoms with Crippen molar-refractivity contribution < 1.29 is 53.2 Å². The van der Waals surface area contributed by atoms with Crippen molar-refractivity contribution in [1.29, 1.82) is 0 Å². The fraction of sp³-hybridized carbons (Fsp3) is 0.552. The number of carbonyl (C=O) groups excluding carboxylic acids is 2. The van der Waals surface area contributed by atoms with Crippen molar-refractivity contribution in [3.05, 3.63) is 116 Å². The normalized spacial score (nSPS) is 13.6. The monoisotopic (exact) mass is 965 g/mol. The fourth-order valence-electron chi connectivity index (χ4n) is 9.36. The third-order valence-electron chi connectivity index (χ3n) is 13.1. The summed E-state index contributed by atoms with van der Waals surface area (Å²) in [5.41, 5.74) is 0. The van der Waals surface area contributed by atoms with E-state index < -0.39 is 71.0 Å². The van der Waals surface area contributed by atoms with Crippen LogP contribution < -0.4 is 17.2 Å². The van der Waals surface area contributed by atoms with Crippen LogP contribution in [-0.4, -0.2) is 11.9 Å². The molecule has 2 aromatic carbocycles. The van der Waals surface area contributed by atoms with Gasteiger partial charge < -0.3 is 0 Å². The summed E-state index contributed by atoms with van der Waals surface area (Å²) in [6.45, 7) is 4.47. The summed E-state index contributed by atoms with van der Waals surface area (Å²) < 4.78 is 78.6. The first-order chi connectivity index (χ1) is 32.7. The summed E-state index contributed by atoms with van der Waals surface area (Å²) >= 11 is -5.25. The average molecular weight is 965 g/mol. The van der Waals surface area contributed by atoms with Gasteiger partial charge in [0, 0.05) is 0 Å². The van der Waals surface area contributed by atoms with Gasteiger partial charge in [0.25, 0.3) is 0 Å². The molecular weight excluding hydrogens is 884 g/mol. The summed E-state index contributed by atoms with van der Waals surface area (Å²) in [4.78, 5) is 26.2. The maximum absolute atomic E-state index is 17.2. The summed E-state index contributed by atoms with van der Waals surface area (Å²) in [5.74, 6) is -6.55. The van der Waals surface area contributed by atoms with Gasteiger partial charge in [-0.3, -0.25) is 0 Å². The SMILES string of the molecule is CCCCCCCCC=CCCCCCCCC(=O)Oc1ccc(F)[c]([Ti]([C]2=CC=CC2)([C]2=CC=CC2)[c]2c(F)ccc(OC(=O)CCCCCCCC=CCCCCCCCC)c2F)c1F. The van der Waals surface area contributed by atoms with Gasteiger partial charge in [-0.2, -0.15) is 0 Å². The Morgan fingerprint density at radius 3 is 1.13 bits per heavy atom. The van der Waals surface area contributed by atoms with Crippen molar-refractivity contribution >= 4 is 19.7 Å². The van der Waals surface area contributed by atoms with Gasteiger partial charge in [-0.05, 0) is 25.7 Å². The van der Waals surface area contributed by atoms with Crippen LogP contribution >= 0.6 is 0 Å². The van der Waals surface area contributed by atoms with E-state index in [4.69, 9.17) is 9.47 Å². The summed E-state index contributed by atoms with van der Waals surface area (Å²) in [7, 11) is 0. The number of carbonyl (C=O) groups is 2. The first-order valence-electron chi connectivity index (χ1n) is 26.2. The Morgan fingerprint density at radius 2 is 0.806 bits per heavy atom. The third kappa shape index (κ3) is 18.6. The quantitative estimate of drug-likeness (QED) is 0.0171. The van der Waals surface area contributed by atoms with Gasteiger partial charge in [0.1, 0.15) is 0 Å². The van der Waals surface area contributed by atoms with E-state index in [-0.39, 0.29) is 25.7 Å². The van der Waals surface area contributed by atoms with Gasteiger partial charge in [-0.1, -0.05) is 102 Å². The molecule has 2 aliphatic carbocycles. The van der Waals surface area contributed by atoms with Crippen LogP contribution in [0.15, 0.2) is 92.8 Å². The maximum atomic E-state index is 17.2. The van der Waals surface area contributed by atoms with Crippen molar-refractivity contribution in [3.8, 4) is 11.5 Å². The van der Waals surface area contributed by atoms with Gasteiger partial charge in [0.2, 0.25) is 0 Å². The number of rotatable bonds is 36. The summed E-state index contributed by atoms with van der Waals surface area (Å²) in [5, 5.41) is 0. The van der Waals surface area contributed by atoms with E-state index in [1.54, 1.807) is 36.5 Å². The number of benzene rings is 2. The number of esters is 2. The minimum absolute atomic E-state index is 0.0503. The minimum atomic E-state index is -5.25. The molecule has 0 amide bonds. The zero-order valence-corrected chi connectivity index (χ0v) is 42.5. The van der Waals surface area contributed by atoms with Crippen LogP contribution in [0, 0.1) is 23.3 Å². The molecular formula is C58H80F4O4Ti. The van der Waals surface area contributed by atoms with E-state index >= 15 is 17.6 Å². The molecule has 9 heteroatoms. The molecule has 0 fully saturated rings. The van der Waals surface area contributed by atoms with E-state index in [9.17, 15) is 9.59 Å². The number of hydrogen-bond donors (Lipinski definition) is 0. The summed E-state index contributed by atoms with van der Waals surface area (Å²) in [6.07, 6.45) is 48.9. The standard InChI is InChI=1S/2C24H35F2O2.2C5H5.Ti/c2*1-2-3-4-5-6-7-8-9-10-11-12-13-14-15-16-17-24(27)28-23-19-18-21(25)20-22(23)26;2*1-2-4-5-3-1;/h2*9-10,18-19H,2-8,11-17H2,1H3;2*1-3H,4H2;. The first kappa shape index (κ1) is 55.8. The Balaban J connectivity index is 1.37. The molecule has 368 valence electrons. The van der Waals surface area contributed by atoms with Crippen LogP contribution in [0.3, 0.4) is 0 Å². The molecule has 0 saturated carbocycles. The van der Waals surface area contributed by atoms with E-state index in [1.807, 2.05) is 0 Å². The Bertz CT molecular complexity index is 1850. The molecule has 4 nitrogen and oxygen atoms in total. The Hall–Kier alpha value is -3.75. The van der Waals surface area contributed by atoms with Crippen LogP contribution in [-0.2, 0) is 26.2 Å². The Labute approximate surface area is 404 Å². The second-order valence-corrected chi connectivity index (χ2v) is 24.4. The number of hydrogen-bond acceptors (Lipinski definition) is 4. The topological polar surface area (TPSA) is 52.6 Å². The van der Waals surface area contributed by atoms with Crippen LogP contribution in [0.5, 0.6) is 11.5 Å². The molecule has 0 heterocycles. The van der Waals surface area contributed by atoms with E-state index in [0.717, 1.165) is 101 Å². The van der Waals surface area contributed by atoms with E-state index in [2.05, 4.69) is 38.2 Å². The van der Waals surface area contributed by atoms with Crippen molar-refractivity contribution in [3.63, 3.8) is 0 Å². The molecule has 0 spiro atoms. The van der Waals surface area contributed by atoms with Crippen LogP contribution in [0.2, 0.25) is 0 Å². The molecule has 2 aliphatic rings. The molecule has 0 aliphatic heterocycles. The fourth-order valence-corrected chi connectivity index (χ4v) is 17.6. The molecule has 2 aromatic rings. The van der Waals surface area contributed by atoms with Crippen LogP contribution in [0.25, 0.3) is 0 Å². The van der Waals surface area contributed by atoms with Crippen LogP contribution in [0.1, 0.15) is 206 Å². The van der Waals surface area contributed by atoms with Gasteiger partial charge in [0.05, 0.1) is 0 Å². The second-order valence-electron chi connectivity index (χ2n) is 18.5. The molecule has 0 saturated heterocycles. The molecule has 4 rings (SSSR count). The number of allylic oxidation sites excluding steroid dienone is 12. The van der Waals surface area contributed by atoms with Gasteiger partial charge in [-0.25, -0.2) is 0 Å². The molecule has 0 radical (unpaired) electrons. The van der Waals surface area contributed by atoms with Crippen molar-refractivity contribution in [2.75, 3.05) is 0 Å². The van der Waals surface area contributed by atoms with Crippen LogP contribution in [0.4, 0.5) is 17.6 Å². The zero-order chi connectivity index (χ0) is 48.0. The van der Waals surface area contributed by atoms with Crippen molar-refractivity contribution in [1.82, 2.24) is 0 Å². The molecule has 0 atom stereocenters. The molecule has 67 heavy (non-hydrogen) atoms. The third-order valence-corrected chi connectivity index (χ3v) is 21.0. The molecule has 0 bridgehead atoms. The second kappa shape index (κ2) is 32.9. The van der Waals surface area contributed by atoms with E-state index in [0.29, 0.717) is 20.6 Å². The van der Waals surface area contributed by atoms with Gasteiger partial charge in [0.15, 0.2) is 0 Å². The Kier molecular flexibility index (Phi) is 27.4. The number of ether oxygens (including phenoxy) is 2. The van der Waals surface area contributed by atoms with Crippen molar-refractivity contribution in [2.24, 2.45) is 0 Å². The summed E-state index contributed by atoms with van der Waals surface area (Å²) in [6, 6.07) is 4.18. The number of halogens is 4. The van der Waals surface area contributed by atoms with E-state index in [1.165, 1.54) is 77.0 Å². The predicted molar refractivity (Wildman–Crippen MR) is 266 cm³/mol. The molecule has 0 N–H and O–H groups in total. The molecule has 0 aromatic heterocycles. The number of unbranched alkanes of at least 4 members (excludes halogenated alkanes) is 22. The molecule has 0 unspecified atom stereocenters. The predicted octanol–water partition coefficient (Wildman–Crippen LogP) is 16.9. The first-order valence-corrected chi connectivity index (χ1v) is 29.3. The van der Waals surface area contributed by atoms with Gasteiger partial charge >= 0.3 is 279 Å². The Morgan fingerprint density at radius 1 is 0.478 bits per heavy atom. The average Bonchev–Trinajstić information content (AvgIpc) is 4.07. The van der Waals surface area contributed by atoms with Crippen molar-refractivity contribution in [2.45, 2.75) is 206 Å².